The van der Waals surface area contributed by atoms with Gasteiger partial charge in [0.15, 0.2) is 0 Å². The minimum absolute atomic E-state index is 0.219. The number of benzene rings is 2. The fraction of sp³-hybridized carbons (Fsp3) is 0.286. The summed E-state index contributed by atoms with van der Waals surface area (Å²) in [6.07, 6.45) is 5.49. The van der Waals surface area contributed by atoms with E-state index in [4.69, 9.17) is 4.74 Å². The topological polar surface area (TPSA) is 38.3 Å². The summed E-state index contributed by atoms with van der Waals surface area (Å²) in [4.78, 5) is 12.3. The van der Waals surface area contributed by atoms with Crippen molar-refractivity contribution in [2.45, 2.75) is 25.3 Å². The van der Waals surface area contributed by atoms with E-state index in [0.717, 1.165) is 27.7 Å². The Kier molecular flexibility index (Phi) is 4.16. The van der Waals surface area contributed by atoms with E-state index in [0.29, 0.717) is 11.5 Å². The van der Waals surface area contributed by atoms with E-state index >= 15 is 0 Å². The van der Waals surface area contributed by atoms with Crippen molar-refractivity contribution in [2.75, 3.05) is 12.4 Å². The van der Waals surface area contributed by atoms with Crippen LogP contribution in [0.15, 0.2) is 53.0 Å². The molecule has 0 fully saturated rings. The number of aryl methyl sites for hydroxylation is 1. The van der Waals surface area contributed by atoms with Gasteiger partial charge in [-0.15, -0.1) is 0 Å². The van der Waals surface area contributed by atoms with E-state index in [-0.39, 0.29) is 17.9 Å². The number of allylic oxidation sites excluding steroid dienone is 2. The lowest BCUT2D eigenvalue weighted by molar-refractivity contribution is 0.0598. The Morgan fingerprint density at radius 2 is 2.12 bits per heavy atom. The van der Waals surface area contributed by atoms with Crippen LogP contribution in [0.2, 0.25) is 0 Å². The van der Waals surface area contributed by atoms with Gasteiger partial charge in [0.2, 0.25) is 0 Å². The first-order chi connectivity index (χ1) is 12.1. The van der Waals surface area contributed by atoms with Crippen molar-refractivity contribution in [1.82, 2.24) is 0 Å². The molecule has 1 aliphatic carbocycles. The molecule has 0 saturated heterocycles. The number of fused-ring (bicyclic) bond motifs is 3. The summed E-state index contributed by atoms with van der Waals surface area (Å²) in [5.41, 5.74) is 5.24. The number of hydrogen-bond acceptors (Lipinski definition) is 3. The molecule has 0 radical (unpaired) electrons. The lowest BCUT2D eigenvalue weighted by Gasteiger charge is -2.39. The lowest BCUT2D eigenvalue weighted by Crippen LogP contribution is -2.31. The fourth-order valence-corrected chi connectivity index (χ4v) is 4.59. The normalized spacial score (nSPS) is 23.6. The molecule has 0 amide bonds. The van der Waals surface area contributed by atoms with Gasteiger partial charge in [0.25, 0.3) is 0 Å². The van der Waals surface area contributed by atoms with Gasteiger partial charge in [0.1, 0.15) is 0 Å². The summed E-state index contributed by atoms with van der Waals surface area (Å²) >= 11 is 3.58. The molecule has 4 rings (SSSR count). The number of hydrogen-bond donors (Lipinski definition) is 1. The van der Waals surface area contributed by atoms with Gasteiger partial charge in [-0.2, -0.15) is 0 Å². The minimum Gasteiger partial charge on any atom is -0.465 e. The molecule has 0 bridgehead atoms. The summed E-state index contributed by atoms with van der Waals surface area (Å²) in [5.74, 6) is 0.360. The van der Waals surface area contributed by atoms with Gasteiger partial charge in [-0.3, -0.25) is 0 Å². The molecular weight excluding hydrogens is 378 g/mol. The molecule has 2 aliphatic rings. The van der Waals surface area contributed by atoms with Crippen molar-refractivity contribution in [3.8, 4) is 0 Å². The Morgan fingerprint density at radius 1 is 1.28 bits per heavy atom. The highest BCUT2D eigenvalue weighted by Gasteiger charge is 2.40. The van der Waals surface area contributed by atoms with Crippen LogP contribution in [0.5, 0.6) is 0 Å². The van der Waals surface area contributed by atoms with Crippen LogP contribution in [-0.4, -0.2) is 13.1 Å². The van der Waals surface area contributed by atoms with Gasteiger partial charge in [-0.05, 0) is 54.2 Å². The lowest BCUT2D eigenvalue weighted by atomic mass is 9.75. The predicted molar refractivity (Wildman–Crippen MR) is 103 cm³/mol. The number of halogens is 1. The zero-order valence-electron chi connectivity index (χ0n) is 14.3. The second-order valence-electron chi connectivity index (χ2n) is 6.74. The highest BCUT2D eigenvalue weighted by Crippen LogP contribution is 2.51. The maximum atomic E-state index is 12.3. The number of nitrogens with one attached hydrogen (secondary N) is 1. The number of esters is 1. The summed E-state index contributed by atoms with van der Waals surface area (Å²) in [6, 6.07) is 12.6. The smallest absolute Gasteiger partial charge is 0.338 e. The molecule has 2 aromatic carbocycles. The molecule has 1 aliphatic heterocycles. The molecule has 0 spiro atoms. The second kappa shape index (κ2) is 6.34. The molecule has 0 unspecified atom stereocenters. The Balaban J connectivity index is 1.87. The predicted octanol–water partition coefficient (Wildman–Crippen LogP) is 5.37. The molecule has 128 valence electrons. The molecule has 1 heterocycles. The zero-order chi connectivity index (χ0) is 17.6. The Labute approximate surface area is 156 Å². The molecule has 0 aromatic heterocycles. The number of ether oxygens (including phenoxy) is 1. The molecule has 2 aromatic rings. The molecule has 4 heteroatoms. The molecule has 1 N–H and O–H groups in total. The first-order valence-electron chi connectivity index (χ1n) is 8.50. The van der Waals surface area contributed by atoms with Crippen molar-refractivity contribution in [3.05, 3.63) is 75.3 Å². The van der Waals surface area contributed by atoms with E-state index < -0.39 is 0 Å². The van der Waals surface area contributed by atoms with Crippen LogP contribution in [0.3, 0.4) is 0 Å². The van der Waals surface area contributed by atoms with Gasteiger partial charge >= 0.3 is 5.97 Å². The third kappa shape index (κ3) is 2.69. The highest BCUT2D eigenvalue weighted by atomic mass is 79.9. The van der Waals surface area contributed by atoms with Crippen LogP contribution in [-0.2, 0) is 4.74 Å². The summed E-state index contributed by atoms with van der Waals surface area (Å²) in [6.45, 7) is 2.09. The van der Waals surface area contributed by atoms with Crippen molar-refractivity contribution >= 4 is 27.6 Å². The standard InChI is InChI=1S/C21H20BrNO2/c1-12-9-10-17(21(24)25-2)18-15-7-4-8-16(15)20(23-19(12)18)13-5-3-6-14(22)11-13/h3-7,9-11,15-16,20,23H,8H2,1-2H3/t15-,16-,20+/m0/s1. The van der Waals surface area contributed by atoms with Crippen molar-refractivity contribution in [2.24, 2.45) is 5.92 Å². The molecule has 3 atom stereocenters. The van der Waals surface area contributed by atoms with Gasteiger partial charge in [0.05, 0.1) is 18.7 Å². The van der Waals surface area contributed by atoms with Gasteiger partial charge < -0.3 is 10.1 Å². The number of carbonyl (C=O) groups excluding carboxylic acids is 1. The molecule has 25 heavy (non-hydrogen) atoms. The van der Waals surface area contributed by atoms with Gasteiger partial charge in [0, 0.05) is 16.1 Å². The number of carbonyl (C=O) groups is 1. The Hall–Kier alpha value is -2.07. The maximum absolute atomic E-state index is 12.3. The largest absolute Gasteiger partial charge is 0.465 e. The van der Waals surface area contributed by atoms with E-state index in [2.05, 4.69) is 58.5 Å². The Morgan fingerprint density at radius 3 is 2.88 bits per heavy atom. The number of anilines is 1. The third-order valence-corrected chi connectivity index (χ3v) is 5.83. The van der Waals surface area contributed by atoms with Crippen LogP contribution in [0.25, 0.3) is 0 Å². The molecule has 3 nitrogen and oxygen atoms in total. The van der Waals surface area contributed by atoms with Crippen LogP contribution < -0.4 is 5.32 Å². The average Bonchev–Trinajstić information content (AvgIpc) is 3.10. The van der Waals surface area contributed by atoms with E-state index in [1.807, 2.05) is 18.2 Å². The first-order valence-corrected chi connectivity index (χ1v) is 9.30. The fourth-order valence-electron chi connectivity index (χ4n) is 4.17. The average molecular weight is 398 g/mol. The first kappa shape index (κ1) is 16.4. The zero-order valence-corrected chi connectivity index (χ0v) is 15.8. The SMILES string of the molecule is COC(=O)c1ccc(C)c2c1[C@H]1C=CC[C@@H]1[C@@H](c1cccc(Br)c1)N2. The highest BCUT2D eigenvalue weighted by molar-refractivity contribution is 9.10. The third-order valence-electron chi connectivity index (χ3n) is 5.34. The summed E-state index contributed by atoms with van der Waals surface area (Å²) in [5, 5.41) is 3.73. The van der Waals surface area contributed by atoms with Crippen molar-refractivity contribution < 1.29 is 9.53 Å². The van der Waals surface area contributed by atoms with Crippen molar-refractivity contribution in [1.29, 1.82) is 0 Å². The van der Waals surface area contributed by atoms with Crippen LogP contribution in [0.4, 0.5) is 5.69 Å². The van der Waals surface area contributed by atoms with Gasteiger partial charge in [-0.1, -0.05) is 46.3 Å². The molecular formula is C21H20BrNO2. The van der Waals surface area contributed by atoms with E-state index in [1.54, 1.807) is 0 Å². The van der Waals surface area contributed by atoms with E-state index in [1.165, 1.54) is 12.7 Å². The quantitative estimate of drug-likeness (QED) is 0.546. The number of rotatable bonds is 2. The van der Waals surface area contributed by atoms with Crippen LogP contribution in [0, 0.1) is 12.8 Å². The summed E-state index contributed by atoms with van der Waals surface area (Å²) in [7, 11) is 1.44. The summed E-state index contributed by atoms with van der Waals surface area (Å²) < 4.78 is 6.10. The van der Waals surface area contributed by atoms with Crippen molar-refractivity contribution in [3.63, 3.8) is 0 Å². The van der Waals surface area contributed by atoms with E-state index in [9.17, 15) is 4.79 Å². The Bertz CT molecular complexity index is 874. The monoisotopic (exact) mass is 397 g/mol. The van der Waals surface area contributed by atoms with Crippen LogP contribution in [0.1, 0.15) is 45.4 Å². The second-order valence-corrected chi connectivity index (χ2v) is 7.66. The minimum atomic E-state index is -0.266. The number of methoxy groups -OCH3 is 1. The van der Waals surface area contributed by atoms with Gasteiger partial charge in [-0.25, -0.2) is 4.79 Å². The van der Waals surface area contributed by atoms with Crippen LogP contribution >= 0.6 is 15.9 Å². The molecule has 0 saturated carbocycles. The maximum Gasteiger partial charge on any atom is 0.338 e.